The predicted molar refractivity (Wildman–Crippen MR) is 64.5 cm³/mol. The van der Waals surface area contributed by atoms with Crippen molar-refractivity contribution in [2.75, 3.05) is 24.6 Å². The van der Waals surface area contributed by atoms with Gasteiger partial charge in [-0.05, 0) is 12.5 Å². The molecular weight excluding hydrogens is 178 g/mol. The SMILES string of the molecule is C=CCSCCNCC(CC)CC. The fourth-order valence-corrected chi connectivity index (χ4v) is 1.82. The van der Waals surface area contributed by atoms with Crippen LogP contribution in [-0.4, -0.2) is 24.6 Å². The number of nitrogens with one attached hydrogen (secondary N) is 1. The minimum atomic E-state index is 0.865. The Labute approximate surface area is 87.4 Å². The molecule has 0 fully saturated rings. The van der Waals surface area contributed by atoms with E-state index in [2.05, 4.69) is 25.7 Å². The lowest BCUT2D eigenvalue weighted by molar-refractivity contribution is 0.457. The molecule has 0 aromatic heterocycles. The molecule has 0 rings (SSSR count). The van der Waals surface area contributed by atoms with Gasteiger partial charge >= 0.3 is 0 Å². The molecule has 0 aromatic rings. The van der Waals surface area contributed by atoms with Crippen LogP contribution in [0, 0.1) is 5.92 Å². The second kappa shape index (κ2) is 10.1. The summed E-state index contributed by atoms with van der Waals surface area (Å²) >= 11 is 1.94. The number of rotatable bonds is 9. The minimum absolute atomic E-state index is 0.865. The molecule has 1 nitrogen and oxygen atoms in total. The van der Waals surface area contributed by atoms with E-state index < -0.39 is 0 Å². The molecule has 0 aliphatic heterocycles. The first-order chi connectivity index (χ1) is 6.35. The van der Waals surface area contributed by atoms with Crippen LogP contribution in [0.5, 0.6) is 0 Å². The summed E-state index contributed by atoms with van der Waals surface area (Å²) in [4.78, 5) is 0. The van der Waals surface area contributed by atoms with Gasteiger partial charge in [-0.2, -0.15) is 11.8 Å². The summed E-state index contributed by atoms with van der Waals surface area (Å²) in [6.45, 7) is 10.5. The highest BCUT2D eigenvalue weighted by atomic mass is 32.2. The maximum absolute atomic E-state index is 3.69. The maximum atomic E-state index is 3.69. The topological polar surface area (TPSA) is 12.0 Å². The van der Waals surface area contributed by atoms with E-state index in [1.807, 2.05) is 17.8 Å². The van der Waals surface area contributed by atoms with Crippen molar-refractivity contribution in [1.29, 1.82) is 0 Å². The molecule has 0 saturated heterocycles. The van der Waals surface area contributed by atoms with E-state index in [0.29, 0.717) is 0 Å². The standard InChI is InChI=1S/C11H23NS/c1-4-8-13-9-7-12-10-11(5-2)6-3/h4,11-12H,1,5-10H2,2-3H3. The van der Waals surface area contributed by atoms with E-state index >= 15 is 0 Å². The molecule has 0 spiro atoms. The van der Waals surface area contributed by atoms with Crippen molar-refractivity contribution in [3.63, 3.8) is 0 Å². The lowest BCUT2D eigenvalue weighted by Crippen LogP contribution is -2.24. The summed E-state index contributed by atoms with van der Waals surface area (Å²) in [6.07, 6.45) is 4.55. The van der Waals surface area contributed by atoms with Crippen molar-refractivity contribution in [1.82, 2.24) is 5.32 Å². The van der Waals surface area contributed by atoms with Crippen molar-refractivity contribution < 1.29 is 0 Å². The molecule has 0 bridgehead atoms. The Hall–Kier alpha value is 0.0500. The van der Waals surface area contributed by atoms with Crippen molar-refractivity contribution >= 4 is 11.8 Å². The highest BCUT2D eigenvalue weighted by Gasteiger charge is 2.00. The van der Waals surface area contributed by atoms with Crippen molar-refractivity contribution in [3.8, 4) is 0 Å². The Kier molecular flexibility index (Phi) is 10.2. The predicted octanol–water partition coefficient (Wildman–Crippen LogP) is 2.93. The van der Waals surface area contributed by atoms with E-state index in [-0.39, 0.29) is 0 Å². The lowest BCUT2D eigenvalue weighted by atomic mass is 10.0. The second-order valence-electron chi connectivity index (χ2n) is 3.25. The summed E-state index contributed by atoms with van der Waals surface area (Å²) in [7, 11) is 0. The number of hydrogen-bond donors (Lipinski definition) is 1. The van der Waals surface area contributed by atoms with Crippen molar-refractivity contribution in [3.05, 3.63) is 12.7 Å². The van der Waals surface area contributed by atoms with E-state index in [1.54, 1.807) is 0 Å². The molecular formula is C11H23NS. The van der Waals surface area contributed by atoms with Crippen LogP contribution in [0.3, 0.4) is 0 Å². The zero-order chi connectivity index (χ0) is 9.94. The Bertz CT molecular complexity index is 111. The summed E-state index contributed by atoms with van der Waals surface area (Å²) in [5.74, 6) is 3.14. The number of hydrogen-bond acceptors (Lipinski definition) is 2. The molecule has 1 N–H and O–H groups in total. The van der Waals surface area contributed by atoms with Crippen LogP contribution in [-0.2, 0) is 0 Å². The van der Waals surface area contributed by atoms with Crippen molar-refractivity contribution in [2.24, 2.45) is 5.92 Å². The van der Waals surface area contributed by atoms with Gasteiger partial charge in [-0.1, -0.05) is 32.8 Å². The molecule has 0 saturated carbocycles. The van der Waals surface area contributed by atoms with Gasteiger partial charge in [0.1, 0.15) is 0 Å². The van der Waals surface area contributed by atoms with Gasteiger partial charge in [0.15, 0.2) is 0 Å². The highest BCUT2D eigenvalue weighted by molar-refractivity contribution is 7.99. The van der Waals surface area contributed by atoms with Gasteiger partial charge in [0.2, 0.25) is 0 Å². The fraction of sp³-hybridized carbons (Fsp3) is 0.818. The Morgan fingerprint density at radius 2 is 2.08 bits per heavy atom. The van der Waals surface area contributed by atoms with Crippen LogP contribution in [0.25, 0.3) is 0 Å². The quantitative estimate of drug-likeness (QED) is 0.455. The summed E-state index contributed by atoms with van der Waals surface area (Å²) < 4.78 is 0. The Morgan fingerprint density at radius 3 is 2.62 bits per heavy atom. The normalized spacial score (nSPS) is 10.7. The molecule has 0 heterocycles. The first-order valence-electron chi connectivity index (χ1n) is 5.24. The van der Waals surface area contributed by atoms with Gasteiger partial charge in [-0.3, -0.25) is 0 Å². The van der Waals surface area contributed by atoms with E-state index in [0.717, 1.165) is 18.2 Å². The first kappa shape index (κ1) is 13.1. The van der Waals surface area contributed by atoms with Crippen LogP contribution < -0.4 is 5.32 Å². The molecule has 0 radical (unpaired) electrons. The second-order valence-corrected chi connectivity index (χ2v) is 4.40. The van der Waals surface area contributed by atoms with Gasteiger partial charge in [-0.25, -0.2) is 0 Å². The van der Waals surface area contributed by atoms with E-state index in [4.69, 9.17) is 0 Å². The Morgan fingerprint density at radius 1 is 1.38 bits per heavy atom. The summed E-state index contributed by atoms with van der Waals surface area (Å²) in [5.41, 5.74) is 0. The molecule has 0 aliphatic rings. The fourth-order valence-electron chi connectivity index (χ4n) is 1.19. The molecule has 78 valence electrons. The summed E-state index contributed by atoms with van der Waals surface area (Å²) in [5, 5.41) is 3.49. The minimum Gasteiger partial charge on any atom is -0.316 e. The number of thioether (sulfide) groups is 1. The molecule has 0 amide bonds. The third kappa shape index (κ3) is 8.38. The van der Waals surface area contributed by atoms with Crippen LogP contribution in [0.1, 0.15) is 26.7 Å². The molecule has 2 heteroatoms. The lowest BCUT2D eigenvalue weighted by Gasteiger charge is -2.12. The monoisotopic (exact) mass is 201 g/mol. The third-order valence-electron chi connectivity index (χ3n) is 2.25. The van der Waals surface area contributed by atoms with Gasteiger partial charge < -0.3 is 5.32 Å². The summed E-state index contributed by atoms with van der Waals surface area (Å²) in [6, 6.07) is 0. The largest absolute Gasteiger partial charge is 0.316 e. The smallest absolute Gasteiger partial charge is 0.0111 e. The first-order valence-corrected chi connectivity index (χ1v) is 6.39. The maximum Gasteiger partial charge on any atom is 0.0111 e. The molecule has 0 atom stereocenters. The Balaban J connectivity index is 3.09. The van der Waals surface area contributed by atoms with Crippen LogP contribution in [0.4, 0.5) is 0 Å². The van der Waals surface area contributed by atoms with Crippen LogP contribution in [0.15, 0.2) is 12.7 Å². The van der Waals surface area contributed by atoms with E-state index in [1.165, 1.54) is 25.1 Å². The third-order valence-corrected chi connectivity index (χ3v) is 3.21. The zero-order valence-corrected chi connectivity index (χ0v) is 9.83. The van der Waals surface area contributed by atoms with E-state index in [9.17, 15) is 0 Å². The highest BCUT2D eigenvalue weighted by Crippen LogP contribution is 2.05. The zero-order valence-electron chi connectivity index (χ0n) is 9.01. The van der Waals surface area contributed by atoms with Gasteiger partial charge in [-0.15, -0.1) is 6.58 Å². The van der Waals surface area contributed by atoms with Crippen LogP contribution in [0.2, 0.25) is 0 Å². The average Bonchev–Trinajstić information content (AvgIpc) is 2.17. The molecule has 13 heavy (non-hydrogen) atoms. The van der Waals surface area contributed by atoms with Gasteiger partial charge in [0.05, 0.1) is 0 Å². The molecule has 0 unspecified atom stereocenters. The van der Waals surface area contributed by atoms with Crippen molar-refractivity contribution in [2.45, 2.75) is 26.7 Å². The molecule has 0 aliphatic carbocycles. The van der Waals surface area contributed by atoms with Crippen LogP contribution >= 0.6 is 11.8 Å². The van der Waals surface area contributed by atoms with Gasteiger partial charge in [0.25, 0.3) is 0 Å². The average molecular weight is 201 g/mol. The molecule has 0 aromatic carbocycles. The van der Waals surface area contributed by atoms with Gasteiger partial charge in [0, 0.05) is 18.1 Å².